The Morgan fingerprint density at radius 2 is 1.81 bits per heavy atom. The molecule has 184 valence electrons. The van der Waals surface area contributed by atoms with Gasteiger partial charge in [-0.25, -0.2) is 18.2 Å². The minimum atomic E-state index is -3.99. The third-order valence-electron chi connectivity index (χ3n) is 4.52. The van der Waals surface area contributed by atoms with Crippen molar-refractivity contribution in [3.05, 3.63) is 85.4 Å². The lowest BCUT2D eigenvalue weighted by molar-refractivity contribution is -0.384. The number of nitrogens with zero attached hydrogens (tertiary/aromatic N) is 2. The Hall–Kier alpha value is -3.72. The normalized spacial score (nSPS) is 11.7. The van der Waals surface area contributed by atoms with Crippen LogP contribution < -0.4 is 5.32 Å². The van der Waals surface area contributed by atoms with Gasteiger partial charge in [-0.15, -0.1) is 22.7 Å². The number of hydrogen-bond acceptors (Lipinski definition) is 11. The average molecular weight is 562 g/mol. The van der Waals surface area contributed by atoms with Gasteiger partial charge in [0.1, 0.15) is 4.21 Å². The number of nitro benzene ring substituents is 1. The Labute approximate surface area is 216 Å². The molecule has 0 aliphatic carbocycles. The predicted octanol–water partition coefficient (Wildman–Crippen LogP) is 4.73. The summed E-state index contributed by atoms with van der Waals surface area (Å²) in [6.07, 6.45) is 2.76. The highest BCUT2D eigenvalue weighted by molar-refractivity contribution is 7.93. The van der Waals surface area contributed by atoms with Gasteiger partial charge in [0.2, 0.25) is 9.84 Å². The lowest BCUT2D eigenvalue weighted by atomic mass is 10.2. The van der Waals surface area contributed by atoms with Crippen molar-refractivity contribution in [3.8, 4) is 0 Å². The van der Waals surface area contributed by atoms with Crippen molar-refractivity contribution in [2.24, 2.45) is 0 Å². The molecule has 0 unspecified atom stereocenters. The summed E-state index contributed by atoms with van der Waals surface area (Å²) in [5, 5.41) is 16.9. The molecular weight excluding hydrogens is 547 g/mol. The molecule has 1 aromatic carbocycles. The van der Waals surface area contributed by atoms with Crippen LogP contribution in [0.4, 0.5) is 10.8 Å². The Morgan fingerprint density at radius 3 is 2.44 bits per heavy atom. The number of anilines is 1. The van der Waals surface area contributed by atoms with Crippen molar-refractivity contribution in [3.63, 3.8) is 0 Å². The zero-order chi connectivity index (χ0) is 25.7. The number of carbonyl (C=O) groups excluding carboxylic acids is 2. The second-order valence-corrected chi connectivity index (χ2v) is 12.0. The number of esters is 1. The minimum absolute atomic E-state index is 0.0101. The fraction of sp³-hybridized carbons (Fsp3) is 0.0455. The first-order valence-electron chi connectivity index (χ1n) is 9.95. The number of sulfone groups is 1. The zero-order valence-corrected chi connectivity index (χ0v) is 21.3. The first-order valence-corrected chi connectivity index (χ1v) is 14.0. The summed E-state index contributed by atoms with van der Waals surface area (Å²) in [4.78, 5) is 40.4. The molecule has 0 radical (unpaired) electrons. The molecule has 1 N–H and O–H groups in total. The van der Waals surface area contributed by atoms with E-state index >= 15 is 0 Å². The van der Waals surface area contributed by atoms with Gasteiger partial charge < -0.3 is 4.74 Å². The number of non-ortho nitro benzene ring substituents is 1. The summed E-state index contributed by atoms with van der Waals surface area (Å²) in [5.74, 6) is -1.37. The highest BCUT2D eigenvalue weighted by Gasteiger charge is 2.23. The number of hydrogen-bond donors (Lipinski definition) is 1. The predicted molar refractivity (Wildman–Crippen MR) is 137 cm³/mol. The van der Waals surface area contributed by atoms with Gasteiger partial charge in [0, 0.05) is 21.9 Å². The van der Waals surface area contributed by atoms with E-state index in [2.05, 4.69) is 10.3 Å². The Kier molecular flexibility index (Phi) is 7.69. The highest BCUT2D eigenvalue weighted by Crippen LogP contribution is 2.30. The molecule has 0 aliphatic heterocycles. The lowest BCUT2D eigenvalue weighted by Gasteiger charge is -2.07. The van der Waals surface area contributed by atoms with Gasteiger partial charge in [0.25, 0.3) is 11.6 Å². The molecule has 4 rings (SSSR count). The zero-order valence-electron chi connectivity index (χ0n) is 18.0. The maximum Gasteiger partial charge on any atom is 0.340 e. The van der Waals surface area contributed by atoms with Crippen LogP contribution >= 0.6 is 34.0 Å². The second-order valence-electron chi connectivity index (χ2n) is 6.91. The molecule has 0 saturated carbocycles. The van der Waals surface area contributed by atoms with Crippen molar-refractivity contribution >= 4 is 78.2 Å². The number of nitro groups is 1. The summed E-state index contributed by atoms with van der Waals surface area (Å²) in [6, 6.07) is 11.7. The third-order valence-corrected chi connectivity index (χ3v) is 9.39. The van der Waals surface area contributed by atoms with Crippen LogP contribution in [0.2, 0.25) is 0 Å². The number of nitrogens with one attached hydrogen (secondary N) is 1. The number of ether oxygens (including phenoxy) is 1. The lowest BCUT2D eigenvalue weighted by Crippen LogP contribution is -2.21. The van der Waals surface area contributed by atoms with Crippen molar-refractivity contribution < 1.29 is 27.7 Å². The van der Waals surface area contributed by atoms with Crippen LogP contribution in [-0.4, -0.2) is 36.8 Å². The quantitative estimate of drug-likeness (QED) is 0.134. The summed E-state index contributed by atoms with van der Waals surface area (Å²) in [5.41, 5.74) is 0.0687. The van der Waals surface area contributed by atoms with E-state index in [1.807, 2.05) is 22.9 Å². The molecule has 3 heterocycles. The smallest absolute Gasteiger partial charge is 0.340 e. The molecule has 1 amide bonds. The fourth-order valence-corrected chi connectivity index (χ4v) is 6.68. The molecule has 36 heavy (non-hydrogen) atoms. The van der Waals surface area contributed by atoms with Gasteiger partial charge >= 0.3 is 5.97 Å². The number of benzene rings is 1. The minimum Gasteiger partial charge on any atom is -0.452 e. The molecule has 14 heteroatoms. The molecule has 0 atom stereocenters. The van der Waals surface area contributed by atoms with Crippen LogP contribution in [0.3, 0.4) is 0 Å². The van der Waals surface area contributed by atoms with Gasteiger partial charge in [0.05, 0.1) is 21.6 Å². The van der Waals surface area contributed by atoms with Crippen molar-refractivity contribution in [2.45, 2.75) is 9.10 Å². The fourth-order valence-electron chi connectivity index (χ4n) is 2.85. The largest absolute Gasteiger partial charge is 0.452 e. The van der Waals surface area contributed by atoms with E-state index in [1.54, 1.807) is 18.2 Å². The number of thiophene rings is 2. The van der Waals surface area contributed by atoms with E-state index in [4.69, 9.17) is 4.74 Å². The van der Waals surface area contributed by atoms with Gasteiger partial charge in [-0.2, -0.15) is 0 Å². The van der Waals surface area contributed by atoms with Crippen LogP contribution in [0.15, 0.2) is 74.6 Å². The topological polar surface area (TPSA) is 146 Å². The second kappa shape index (κ2) is 10.9. The number of rotatable bonds is 9. The van der Waals surface area contributed by atoms with Crippen LogP contribution in [0.1, 0.15) is 9.75 Å². The molecule has 4 aromatic rings. The van der Waals surface area contributed by atoms with Gasteiger partial charge in [0.15, 0.2) is 11.7 Å². The Balaban J connectivity index is 1.40. The van der Waals surface area contributed by atoms with Crippen molar-refractivity contribution in [2.75, 3.05) is 11.9 Å². The van der Waals surface area contributed by atoms with E-state index in [-0.39, 0.29) is 19.9 Å². The summed E-state index contributed by atoms with van der Waals surface area (Å²) >= 11 is 3.51. The summed E-state index contributed by atoms with van der Waals surface area (Å²) < 4.78 is 30.5. The number of carbonyl (C=O) groups is 2. The SMILES string of the molecule is O=C(COC(=O)C(=Cc1cccs1)c1cccs1)Nc1ncc(S(=O)(=O)c2ccc([N+](=O)[O-])cc2)s1. The van der Waals surface area contributed by atoms with Crippen molar-refractivity contribution in [1.82, 2.24) is 4.98 Å². The molecule has 0 spiro atoms. The first-order chi connectivity index (χ1) is 17.2. The van der Waals surface area contributed by atoms with Crippen LogP contribution in [0.25, 0.3) is 11.6 Å². The molecule has 0 bridgehead atoms. The molecule has 0 saturated heterocycles. The van der Waals surface area contributed by atoms with Crippen LogP contribution in [-0.2, 0) is 24.2 Å². The van der Waals surface area contributed by atoms with Crippen LogP contribution in [0, 0.1) is 10.1 Å². The standard InChI is InChI=1S/C22H15N3O7S4/c26-19(13-32-21(27)17(18-4-2-10-34-18)11-15-3-1-9-33-15)24-22-23-12-20(35-22)36(30,31)16-7-5-14(6-8-16)25(28)29/h1-12H,13H2,(H,23,24,26). The van der Waals surface area contributed by atoms with E-state index in [0.717, 1.165) is 35.3 Å². The molecule has 10 nitrogen and oxygen atoms in total. The van der Waals surface area contributed by atoms with Gasteiger partial charge in [-0.1, -0.05) is 23.5 Å². The van der Waals surface area contributed by atoms with Crippen molar-refractivity contribution in [1.29, 1.82) is 0 Å². The number of aromatic nitrogens is 1. The number of thiazole rings is 1. The third kappa shape index (κ3) is 5.91. The summed E-state index contributed by atoms with van der Waals surface area (Å²) in [6.45, 7) is -0.601. The molecular formula is C22H15N3O7S4. The molecule has 3 aromatic heterocycles. The maximum absolute atomic E-state index is 12.8. The van der Waals surface area contributed by atoms with Gasteiger partial charge in [-0.3, -0.25) is 20.2 Å². The Morgan fingerprint density at radius 1 is 1.08 bits per heavy atom. The average Bonchev–Trinajstić information content (AvgIpc) is 3.64. The Bertz CT molecular complexity index is 1520. The van der Waals surface area contributed by atoms with E-state index in [9.17, 15) is 28.1 Å². The number of amides is 1. The van der Waals surface area contributed by atoms with Crippen LogP contribution in [0.5, 0.6) is 0 Å². The van der Waals surface area contributed by atoms with E-state index in [1.165, 1.54) is 22.7 Å². The highest BCUT2D eigenvalue weighted by atomic mass is 32.2. The maximum atomic E-state index is 12.8. The monoisotopic (exact) mass is 561 g/mol. The van der Waals surface area contributed by atoms with Gasteiger partial charge in [-0.05, 0) is 41.1 Å². The van der Waals surface area contributed by atoms with E-state index < -0.39 is 33.2 Å². The molecule has 0 fully saturated rings. The first kappa shape index (κ1) is 25.4. The summed E-state index contributed by atoms with van der Waals surface area (Å²) in [7, 11) is -3.99. The molecule has 0 aliphatic rings. The van der Waals surface area contributed by atoms with E-state index in [0.29, 0.717) is 21.8 Å².